The molecule has 1 saturated heterocycles. The molecule has 0 spiro atoms. The molecule has 2 aliphatic rings. The van der Waals surface area contributed by atoms with Crippen LogP contribution in [0.25, 0.3) is 0 Å². The molecule has 0 aromatic heterocycles. The Morgan fingerprint density at radius 1 is 1.43 bits per heavy atom. The van der Waals surface area contributed by atoms with Gasteiger partial charge in [0.1, 0.15) is 0 Å². The molecule has 1 aromatic rings. The van der Waals surface area contributed by atoms with Gasteiger partial charge in [0, 0.05) is 28.1 Å². The molecule has 2 aliphatic heterocycles. The van der Waals surface area contributed by atoms with Crippen LogP contribution >= 0.6 is 23.4 Å². The monoisotopic (exact) mass is 324 g/mol. The van der Waals surface area contributed by atoms with Crippen molar-refractivity contribution in [3.05, 3.63) is 28.8 Å². The minimum Gasteiger partial charge on any atom is -0.349 e. The zero-order chi connectivity index (χ0) is 14.7. The second-order valence-electron chi connectivity index (χ2n) is 5.77. The Kier molecular flexibility index (Phi) is 5.09. The molecule has 2 heterocycles. The van der Waals surface area contributed by atoms with Gasteiger partial charge in [0.05, 0.1) is 6.04 Å². The van der Waals surface area contributed by atoms with Crippen molar-refractivity contribution in [3.63, 3.8) is 0 Å². The van der Waals surface area contributed by atoms with E-state index in [0.29, 0.717) is 12.5 Å². The van der Waals surface area contributed by atoms with E-state index in [0.717, 1.165) is 30.2 Å². The molecule has 3 nitrogen and oxygen atoms in total. The molecule has 3 rings (SSSR count). The Bertz CT molecular complexity index is 517. The van der Waals surface area contributed by atoms with Crippen LogP contribution in [0.15, 0.2) is 23.1 Å². The SMILES string of the molecule is O=C(CCC1CCCN1)NC1CCSc2ccc(Cl)cc21. The first-order valence-corrected chi connectivity index (χ1v) is 9.04. The second-order valence-corrected chi connectivity index (χ2v) is 7.34. The number of amides is 1. The summed E-state index contributed by atoms with van der Waals surface area (Å²) in [6, 6.07) is 6.61. The number of fused-ring (bicyclic) bond motifs is 1. The van der Waals surface area contributed by atoms with Crippen LogP contribution in [0.3, 0.4) is 0 Å². The fourth-order valence-corrected chi connectivity index (χ4v) is 4.38. The van der Waals surface area contributed by atoms with Crippen LogP contribution in [0.2, 0.25) is 5.02 Å². The van der Waals surface area contributed by atoms with Crippen LogP contribution < -0.4 is 10.6 Å². The Labute approximate surface area is 135 Å². The van der Waals surface area contributed by atoms with E-state index in [-0.39, 0.29) is 11.9 Å². The number of rotatable bonds is 4. The maximum atomic E-state index is 12.2. The van der Waals surface area contributed by atoms with Gasteiger partial charge in [-0.15, -0.1) is 11.8 Å². The van der Waals surface area contributed by atoms with Crippen molar-refractivity contribution < 1.29 is 4.79 Å². The van der Waals surface area contributed by atoms with Gasteiger partial charge in [-0.25, -0.2) is 0 Å². The maximum absolute atomic E-state index is 12.2. The van der Waals surface area contributed by atoms with Gasteiger partial charge in [0.15, 0.2) is 0 Å². The van der Waals surface area contributed by atoms with Crippen molar-refractivity contribution in [2.75, 3.05) is 12.3 Å². The summed E-state index contributed by atoms with van der Waals surface area (Å²) in [6.07, 6.45) is 4.96. The van der Waals surface area contributed by atoms with Crippen LogP contribution in [-0.4, -0.2) is 24.2 Å². The largest absolute Gasteiger partial charge is 0.349 e. The third kappa shape index (κ3) is 3.93. The average Bonchev–Trinajstić information content (AvgIpc) is 2.99. The van der Waals surface area contributed by atoms with Gasteiger partial charge in [0.25, 0.3) is 0 Å². The van der Waals surface area contributed by atoms with E-state index in [2.05, 4.69) is 16.7 Å². The summed E-state index contributed by atoms with van der Waals surface area (Å²) < 4.78 is 0. The Hall–Kier alpha value is -0.710. The molecule has 0 bridgehead atoms. The van der Waals surface area contributed by atoms with E-state index in [4.69, 9.17) is 11.6 Å². The van der Waals surface area contributed by atoms with E-state index in [1.54, 1.807) is 0 Å². The van der Waals surface area contributed by atoms with Crippen LogP contribution in [0, 0.1) is 0 Å². The van der Waals surface area contributed by atoms with Gasteiger partial charge in [0.2, 0.25) is 5.91 Å². The fourth-order valence-electron chi connectivity index (χ4n) is 3.09. The molecular weight excluding hydrogens is 304 g/mol. The minimum atomic E-state index is 0.115. The van der Waals surface area contributed by atoms with E-state index in [1.165, 1.54) is 23.3 Å². The molecule has 1 fully saturated rings. The summed E-state index contributed by atoms with van der Waals surface area (Å²) >= 11 is 7.94. The van der Waals surface area contributed by atoms with E-state index >= 15 is 0 Å². The highest BCUT2D eigenvalue weighted by Crippen LogP contribution is 2.37. The number of halogens is 1. The zero-order valence-corrected chi connectivity index (χ0v) is 13.6. The number of carbonyl (C=O) groups excluding carboxylic acids is 1. The summed E-state index contributed by atoms with van der Waals surface area (Å²) in [5.74, 6) is 1.20. The summed E-state index contributed by atoms with van der Waals surface area (Å²) in [5.41, 5.74) is 1.17. The lowest BCUT2D eigenvalue weighted by Crippen LogP contribution is -2.32. The van der Waals surface area contributed by atoms with E-state index in [9.17, 15) is 4.79 Å². The predicted molar refractivity (Wildman–Crippen MR) is 87.9 cm³/mol. The van der Waals surface area contributed by atoms with Gasteiger partial charge in [-0.2, -0.15) is 0 Å². The topological polar surface area (TPSA) is 41.1 Å². The lowest BCUT2D eigenvalue weighted by molar-refractivity contribution is -0.122. The Morgan fingerprint density at radius 3 is 3.14 bits per heavy atom. The Balaban J connectivity index is 1.57. The first-order chi connectivity index (χ1) is 10.2. The first-order valence-electron chi connectivity index (χ1n) is 7.67. The minimum absolute atomic E-state index is 0.115. The lowest BCUT2D eigenvalue weighted by Gasteiger charge is -2.26. The van der Waals surface area contributed by atoms with Crippen molar-refractivity contribution in [3.8, 4) is 0 Å². The molecule has 0 radical (unpaired) electrons. The number of hydrogen-bond acceptors (Lipinski definition) is 3. The predicted octanol–water partition coefficient (Wildman–Crippen LogP) is 3.53. The van der Waals surface area contributed by atoms with Crippen LogP contribution in [-0.2, 0) is 4.79 Å². The highest BCUT2D eigenvalue weighted by molar-refractivity contribution is 7.99. The zero-order valence-electron chi connectivity index (χ0n) is 12.0. The third-order valence-corrected chi connectivity index (χ3v) is 5.59. The summed E-state index contributed by atoms with van der Waals surface area (Å²) in [4.78, 5) is 13.4. The van der Waals surface area contributed by atoms with Gasteiger partial charge >= 0.3 is 0 Å². The summed E-state index contributed by atoms with van der Waals surface area (Å²) in [5, 5.41) is 7.37. The number of nitrogens with one attached hydrogen (secondary N) is 2. The highest BCUT2D eigenvalue weighted by atomic mass is 35.5. The van der Waals surface area contributed by atoms with E-state index in [1.807, 2.05) is 23.9 Å². The second kappa shape index (κ2) is 7.03. The highest BCUT2D eigenvalue weighted by Gasteiger charge is 2.23. The van der Waals surface area contributed by atoms with Crippen LogP contribution in [0.1, 0.15) is 43.7 Å². The molecule has 2 unspecified atom stereocenters. The van der Waals surface area contributed by atoms with Gasteiger partial charge in [-0.1, -0.05) is 11.6 Å². The molecule has 21 heavy (non-hydrogen) atoms. The van der Waals surface area contributed by atoms with Crippen molar-refractivity contribution in [2.45, 2.75) is 49.1 Å². The molecule has 1 amide bonds. The smallest absolute Gasteiger partial charge is 0.220 e. The number of thioether (sulfide) groups is 1. The molecule has 114 valence electrons. The number of carbonyl (C=O) groups is 1. The normalized spacial score (nSPS) is 24.6. The van der Waals surface area contributed by atoms with Crippen molar-refractivity contribution >= 4 is 29.3 Å². The third-order valence-electron chi connectivity index (χ3n) is 4.23. The molecule has 5 heteroatoms. The molecular formula is C16H21ClN2OS. The standard InChI is InChI=1S/C16H21ClN2OS/c17-11-3-5-15-13(10-11)14(7-9-21-15)19-16(20)6-4-12-2-1-8-18-12/h3,5,10,12,14,18H,1-2,4,6-9H2,(H,19,20). The molecule has 2 N–H and O–H groups in total. The van der Waals surface area contributed by atoms with E-state index < -0.39 is 0 Å². The van der Waals surface area contributed by atoms with Crippen LogP contribution in [0.4, 0.5) is 0 Å². The lowest BCUT2D eigenvalue weighted by atomic mass is 10.0. The van der Waals surface area contributed by atoms with Crippen molar-refractivity contribution in [1.82, 2.24) is 10.6 Å². The summed E-state index contributed by atoms with van der Waals surface area (Å²) in [7, 11) is 0. The first kappa shape index (κ1) is 15.2. The van der Waals surface area contributed by atoms with Crippen molar-refractivity contribution in [1.29, 1.82) is 0 Å². The molecule has 2 atom stereocenters. The Morgan fingerprint density at radius 2 is 2.33 bits per heavy atom. The van der Waals surface area contributed by atoms with Gasteiger partial charge in [-0.3, -0.25) is 4.79 Å². The maximum Gasteiger partial charge on any atom is 0.220 e. The number of hydrogen-bond donors (Lipinski definition) is 2. The molecule has 1 aromatic carbocycles. The number of benzene rings is 1. The molecule has 0 saturated carbocycles. The summed E-state index contributed by atoms with van der Waals surface area (Å²) in [6.45, 7) is 1.10. The van der Waals surface area contributed by atoms with Crippen molar-refractivity contribution in [2.24, 2.45) is 0 Å². The van der Waals surface area contributed by atoms with Gasteiger partial charge < -0.3 is 10.6 Å². The molecule has 0 aliphatic carbocycles. The fraction of sp³-hybridized carbons (Fsp3) is 0.562. The van der Waals surface area contributed by atoms with Crippen LogP contribution in [0.5, 0.6) is 0 Å². The average molecular weight is 325 g/mol. The quantitative estimate of drug-likeness (QED) is 0.890. The van der Waals surface area contributed by atoms with Gasteiger partial charge in [-0.05, 0) is 56.0 Å².